The highest BCUT2D eigenvalue weighted by Gasteiger charge is 2.24. The number of benzene rings is 4. The molecule has 0 saturated carbocycles. The Morgan fingerprint density at radius 2 is 1.11 bits per heavy atom. The van der Waals surface area contributed by atoms with Crippen LogP contribution in [0.25, 0.3) is 5.57 Å². The van der Waals surface area contributed by atoms with E-state index >= 15 is 0 Å². The maximum atomic E-state index is 6.85. The Morgan fingerprint density at radius 1 is 0.596 bits per heavy atom. The Hall–Kier alpha value is -2.69. The van der Waals surface area contributed by atoms with E-state index in [0.29, 0.717) is 30.1 Å². The molecule has 0 N–H and O–H groups in total. The molecular formula is C39H35Cl6N2+. The lowest BCUT2D eigenvalue weighted by atomic mass is 9.90. The van der Waals surface area contributed by atoms with Crippen LogP contribution in [0, 0.1) is 0 Å². The summed E-state index contributed by atoms with van der Waals surface area (Å²) in [7, 11) is 0. The molecule has 242 valence electrons. The summed E-state index contributed by atoms with van der Waals surface area (Å²) in [6, 6.07) is 25.2. The molecule has 0 spiro atoms. The van der Waals surface area contributed by atoms with Gasteiger partial charge in [-0.1, -0.05) is 127 Å². The van der Waals surface area contributed by atoms with Crippen LogP contribution in [0.4, 0.5) is 17.1 Å². The summed E-state index contributed by atoms with van der Waals surface area (Å²) in [6.07, 6.45) is 12.4. The van der Waals surface area contributed by atoms with Gasteiger partial charge in [0.25, 0.3) is 0 Å². The number of rotatable bonds is 11. The molecule has 5 rings (SSSR count). The summed E-state index contributed by atoms with van der Waals surface area (Å²) in [4.78, 5) is 2.18. The Labute approximate surface area is 308 Å². The van der Waals surface area contributed by atoms with Gasteiger partial charge in [-0.25, -0.2) is 0 Å². The van der Waals surface area contributed by atoms with Crippen molar-refractivity contribution in [3.63, 3.8) is 0 Å². The largest absolute Gasteiger partial charge is 0.339 e. The summed E-state index contributed by atoms with van der Waals surface area (Å²) < 4.78 is 2.18. The van der Waals surface area contributed by atoms with Crippen LogP contribution in [0.3, 0.4) is 0 Å². The molecule has 0 heterocycles. The first-order valence-electron chi connectivity index (χ1n) is 15.7. The van der Waals surface area contributed by atoms with Crippen LogP contribution in [0.2, 0.25) is 30.1 Å². The van der Waals surface area contributed by atoms with Crippen molar-refractivity contribution >= 4 is 98.0 Å². The van der Waals surface area contributed by atoms with Crippen molar-refractivity contribution < 1.29 is 4.58 Å². The molecule has 0 aliphatic heterocycles. The van der Waals surface area contributed by atoms with Gasteiger partial charge in [-0.2, -0.15) is 4.58 Å². The summed E-state index contributed by atoms with van der Waals surface area (Å²) in [6.45, 7) is 5.89. The molecule has 0 fully saturated rings. The van der Waals surface area contributed by atoms with Gasteiger partial charge in [0, 0.05) is 46.4 Å². The van der Waals surface area contributed by atoms with Crippen molar-refractivity contribution in [2.24, 2.45) is 0 Å². The molecule has 0 radical (unpaired) electrons. The predicted molar refractivity (Wildman–Crippen MR) is 207 cm³/mol. The lowest BCUT2D eigenvalue weighted by molar-refractivity contribution is -0.439. The maximum absolute atomic E-state index is 6.85. The molecule has 0 aromatic heterocycles. The molecule has 1 aliphatic rings. The van der Waals surface area contributed by atoms with Gasteiger partial charge in [0.2, 0.25) is 11.4 Å². The first-order valence-corrected chi connectivity index (χ1v) is 18.0. The van der Waals surface area contributed by atoms with Crippen LogP contribution < -0.4 is 4.90 Å². The zero-order valence-electron chi connectivity index (χ0n) is 26.2. The van der Waals surface area contributed by atoms with Crippen molar-refractivity contribution in [2.45, 2.75) is 39.5 Å². The van der Waals surface area contributed by atoms with Crippen molar-refractivity contribution in [2.75, 3.05) is 18.0 Å². The van der Waals surface area contributed by atoms with E-state index in [4.69, 9.17) is 69.6 Å². The standard InChI is InChI=1S/C39H35Cl6N2/c1-3-5-24-46(38-32(42)12-8-13-33(38)43)28-20-16-26(17-21-28)36(37-30(40)10-7-11-31(37)41)27-18-22-29(23-19-27)47(25-6-4-2)39-34(44)14-9-15-35(39)45/h7-23H,3-6,24-25H2,1-2H3/q+1. The number of nitrogens with zero attached hydrogens (tertiary/aromatic N) is 2. The van der Waals surface area contributed by atoms with Crippen LogP contribution in [0.15, 0.2) is 109 Å². The number of hydrogen-bond donors (Lipinski definition) is 0. The quantitative estimate of drug-likeness (QED) is 0.139. The van der Waals surface area contributed by atoms with Gasteiger partial charge in [-0.15, -0.1) is 0 Å². The molecule has 2 nitrogen and oxygen atoms in total. The number of unbranched alkanes of at least 4 members (excludes halogenated alkanes) is 2. The Morgan fingerprint density at radius 3 is 1.64 bits per heavy atom. The maximum Gasteiger partial charge on any atom is 0.243 e. The van der Waals surface area contributed by atoms with Crippen LogP contribution in [-0.2, 0) is 0 Å². The third-order valence-electron chi connectivity index (χ3n) is 8.03. The van der Waals surface area contributed by atoms with Crippen molar-refractivity contribution in [1.82, 2.24) is 0 Å². The minimum atomic E-state index is 0.570. The molecule has 4 aromatic carbocycles. The van der Waals surface area contributed by atoms with Crippen LogP contribution in [-0.4, -0.2) is 23.4 Å². The fourth-order valence-electron chi connectivity index (χ4n) is 5.67. The topological polar surface area (TPSA) is 6.25 Å². The van der Waals surface area contributed by atoms with E-state index in [-0.39, 0.29) is 0 Å². The summed E-state index contributed by atoms with van der Waals surface area (Å²) in [5.41, 5.74) is 7.20. The van der Waals surface area contributed by atoms with E-state index in [1.54, 1.807) is 0 Å². The van der Waals surface area contributed by atoms with Crippen LogP contribution in [0.1, 0.15) is 50.7 Å². The fraction of sp³-hybridized carbons (Fsp3) is 0.205. The first kappa shape index (κ1) is 35.6. The smallest absolute Gasteiger partial charge is 0.243 e. The highest BCUT2D eigenvalue weighted by Crippen LogP contribution is 2.42. The lowest BCUT2D eigenvalue weighted by Crippen LogP contribution is -2.19. The molecule has 1 aliphatic carbocycles. The van der Waals surface area contributed by atoms with Crippen LogP contribution >= 0.6 is 69.6 Å². The number of anilines is 2. The Kier molecular flexibility index (Phi) is 12.6. The highest BCUT2D eigenvalue weighted by atomic mass is 35.5. The lowest BCUT2D eigenvalue weighted by Gasteiger charge is -2.27. The number of hydrogen-bond acceptors (Lipinski definition) is 1. The second-order valence-electron chi connectivity index (χ2n) is 11.2. The van der Waals surface area contributed by atoms with Gasteiger partial charge in [0.05, 0.1) is 15.7 Å². The number of halogens is 6. The van der Waals surface area contributed by atoms with E-state index in [1.165, 1.54) is 0 Å². The second-order valence-corrected chi connectivity index (χ2v) is 13.7. The third kappa shape index (κ3) is 8.14. The van der Waals surface area contributed by atoms with E-state index < -0.39 is 0 Å². The van der Waals surface area contributed by atoms with Gasteiger partial charge in [0.15, 0.2) is 0 Å². The minimum absolute atomic E-state index is 0.570. The predicted octanol–water partition coefficient (Wildman–Crippen LogP) is 14.1. The van der Waals surface area contributed by atoms with E-state index in [1.807, 2.05) is 54.6 Å². The normalized spacial score (nSPS) is 12.5. The molecule has 0 saturated heterocycles. The average Bonchev–Trinajstić information content (AvgIpc) is 3.06. The first-order chi connectivity index (χ1) is 22.7. The summed E-state index contributed by atoms with van der Waals surface area (Å²) in [5.74, 6) is 0. The van der Waals surface area contributed by atoms with Gasteiger partial charge >= 0.3 is 0 Å². The van der Waals surface area contributed by atoms with Gasteiger partial charge < -0.3 is 4.90 Å². The summed E-state index contributed by atoms with van der Waals surface area (Å²) in [5, 5.41) is 3.58. The number of allylic oxidation sites excluding steroid dienone is 5. The Bertz CT molecular complexity index is 1790. The monoisotopic (exact) mass is 741 g/mol. The molecule has 47 heavy (non-hydrogen) atoms. The molecule has 4 aromatic rings. The zero-order valence-corrected chi connectivity index (χ0v) is 30.8. The van der Waals surface area contributed by atoms with Crippen molar-refractivity contribution in [3.8, 4) is 0 Å². The highest BCUT2D eigenvalue weighted by molar-refractivity contribution is 6.40. The van der Waals surface area contributed by atoms with E-state index in [2.05, 4.69) is 71.9 Å². The van der Waals surface area contributed by atoms with Crippen LogP contribution in [0.5, 0.6) is 0 Å². The van der Waals surface area contributed by atoms with Gasteiger partial charge in [-0.05, 0) is 83.8 Å². The third-order valence-corrected chi connectivity index (χ3v) is 9.88. The molecule has 0 bridgehead atoms. The van der Waals surface area contributed by atoms with Crippen molar-refractivity contribution in [3.05, 3.63) is 150 Å². The second kappa shape index (κ2) is 16.6. The van der Waals surface area contributed by atoms with Crippen molar-refractivity contribution in [1.29, 1.82) is 0 Å². The summed E-state index contributed by atoms with van der Waals surface area (Å²) >= 11 is 40.4. The molecule has 8 heteroatoms. The Balaban J connectivity index is 1.63. The number of para-hydroxylation sites is 2. The van der Waals surface area contributed by atoms with Gasteiger partial charge in [0.1, 0.15) is 16.6 Å². The molecule has 0 amide bonds. The molecular weight excluding hydrogens is 709 g/mol. The molecule has 0 atom stereocenters. The molecule has 0 unspecified atom stereocenters. The SMILES string of the molecule is CCCCN(c1ccc(C(=C2C=CC(=[N+](CCCC)c3c(Cl)cccc3Cl)C=C2)c2c(Cl)cccc2Cl)cc1)c1c(Cl)cccc1Cl. The minimum Gasteiger partial charge on any atom is -0.339 e. The average molecular weight is 744 g/mol. The van der Waals surface area contributed by atoms with E-state index in [9.17, 15) is 0 Å². The fourth-order valence-corrected chi connectivity index (χ4v) is 7.46. The van der Waals surface area contributed by atoms with E-state index in [0.717, 1.165) is 83.8 Å². The van der Waals surface area contributed by atoms with Gasteiger partial charge in [-0.3, -0.25) is 0 Å². The zero-order chi connectivity index (χ0) is 33.5.